The number of carbonyl (C=O) groups is 1. The van der Waals surface area contributed by atoms with Crippen molar-refractivity contribution in [2.45, 2.75) is 38.6 Å². The van der Waals surface area contributed by atoms with Gasteiger partial charge in [-0.1, -0.05) is 0 Å². The first kappa shape index (κ1) is 17.4. The van der Waals surface area contributed by atoms with Crippen LogP contribution in [0, 0.1) is 5.92 Å². The van der Waals surface area contributed by atoms with E-state index in [9.17, 15) is 13.2 Å². The van der Waals surface area contributed by atoms with Crippen molar-refractivity contribution < 1.29 is 13.2 Å². The van der Waals surface area contributed by atoms with Crippen LogP contribution in [-0.4, -0.2) is 66.0 Å². The van der Waals surface area contributed by atoms with Crippen molar-refractivity contribution in [1.82, 2.24) is 18.8 Å². The van der Waals surface area contributed by atoms with Crippen molar-refractivity contribution in [3.8, 4) is 0 Å². The lowest BCUT2D eigenvalue weighted by Gasteiger charge is -2.34. The third-order valence-electron chi connectivity index (χ3n) is 5.08. The summed E-state index contributed by atoms with van der Waals surface area (Å²) >= 11 is 0. The van der Waals surface area contributed by atoms with Gasteiger partial charge in [0.2, 0.25) is 10.0 Å². The van der Waals surface area contributed by atoms with Gasteiger partial charge in [0.15, 0.2) is 0 Å². The van der Waals surface area contributed by atoms with Gasteiger partial charge in [0.25, 0.3) is 5.91 Å². The van der Waals surface area contributed by atoms with Crippen molar-refractivity contribution in [3.63, 3.8) is 0 Å². The van der Waals surface area contributed by atoms with E-state index in [1.54, 1.807) is 13.2 Å². The molecule has 0 saturated carbocycles. The zero-order chi connectivity index (χ0) is 17.3. The zero-order valence-corrected chi connectivity index (χ0v) is 15.3. The van der Waals surface area contributed by atoms with Crippen molar-refractivity contribution >= 4 is 15.9 Å². The molecule has 3 heterocycles. The lowest BCUT2D eigenvalue weighted by molar-refractivity contribution is 0.0652. The van der Waals surface area contributed by atoms with Crippen LogP contribution in [-0.2, 0) is 23.0 Å². The number of carbonyl (C=O) groups excluding carboxylic acids is 1. The molecule has 2 aliphatic heterocycles. The molecule has 0 N–H and O–H groups in total. The van der Waals surface area contributed by atoms with Gasteiger partial charge in [-0.15, -0.1) is 0 Å². The minimum atomic E-state index is -3.18. The van der Waals surface area contributed by atoms with Crippen molar-refractivity contribution in [3.05, 3.63) is 17.7 Å². The Hall–Kier alpha value is -1.41. The molecule has 1 aromatic rings. The molecule has 7 nitrogen and oxygen atoms in total. The van der Waals surface area contributed by atoms with Crippen LogP contribution >= 0.6 is 0 Å². The molecule has 1 unspecified atom stereocenters. The van der Waals surface area contributed by atoms with E-state index in [0.29, 0.717) is 18.8 Å². The predicted octanol–water partition coefficient (Wildman–Crippen LogP) is 0.963. The summed E-state index contributed by atoms with van der Waals surface area (Å²) in [7, 11) is -1.58. The Bertz CT molecular complexity index is 713. The minimum absolute atomic E-state index is 0.0300. The average Bonchev–Trinajstić information content (AvgIpc) is 2.97. The van der Waals surface area contributed by atoms with Gasteiger partial charge in [-0.25, -0.2) is 17.7 Å². The maximum absolute atomic E-state index is 12.9. The molecule has 1 amide bonds. The Kier molecular flexibility index (Phi) is 4.96. The average molecular weight is 354 g/mol. The molecule has 2 aliphatic rings. The Morgan fingerprint density at radius 1 is 1.33 bits per heavy atom. The smallest absolute Gasteiger partial charge is 0.272 e. The summed E-state index contributed by atoms with van der Waals surface area (Å²) in [6.45, 7) is 2.68. The van der Waals surface area contributed by atoms with Gasteiger partial charge in [0.1, 0.15) is 11.5 Å². The largest absolute Gasteiger partial charge is 0.337 e. The van der Waals surface area contributed by atoms with Crippen molar-refractivity contribution in [1.29, 1.82) is 0 Å². The van der Waals surface area contributed by atoms with E-state index >= 15 is 0 Å². The summed E-state index contributed by atoms with van der Waals surface area (Å²) in [5.74, 6) is 1.23. The Balaban J connectivity index is 1.68. The quantitative estimate of drug-likeness (QED) is 0.807. The van der Waals surface area contributed by atoms with Crippen molar-refractivity contribution in [2.75, 3.05) is 32.9 Å². The van der Waals surface area contributed by atoms with Gasteiger partial charge >= 0.3 is 0 Å². The molecule has 0 spiro atoms. The lowest BCUT2D eigenvalue weighted by atomic mass is 9.98. The zero-order valence-electron chi connectivity index (χ0n) is 14.4. The molecule has 0 aromatic carbocycles. The number of aryl methyl sites for hydroxylation is 1. The van der Waals surface area contributed by atoms with E-state index in [0.717, 1.165) is 51.0 Å². The Morgan fingerprint density at radius 2 is 2.12 bits per heavy atom. The number of amides is 1. The van der Waals surface area contributed by atoms with E-state index in [4.69, 9.17) is 0 Å². The van der Waals surface area contributed by atoms with Crippen LogP contribution in [0.25, 0.3) is 0 Å². The molecule has 1 fully saturated rings. The minimum Gasteiger partial charge on any atom is -0.337 e. The topological polar surface area (TPSA) is 75.5 Å². The highest BCUT2D eigenvalue weighted by Crippen LogP contribution is 2.22. The fraction of sp³-hybridized carbons (Fsp3) is 0.750. The first-order chi connectivity index (χ1) is 11.4. The summed E-state index contributed by atoms with van der Waals surface area (Å²) in [4.78, 5) is 19.2. The number of rotatable bonds is 4. The van der Waals surface area contributed by atoms with Crippen LogP contribution in [0.3, 0.4) is 0 Å². The molecule has 0 bridgehead atoms. The van der Waals surface area contributed by atoms with Gasteiger partial charge < -0.3 is 9.47 Å². The third kappa shape index (κ3) is 3.64. The fourth-order valence-corrected chi connectivity index (χ4v) is 4.13. The van der Waals surface area contributed by atoms with Crippen molar-refractivity contribution in [2.24, 2.45) is 5.92 Å². The monoisotopic (exact) mass is 354 g/mol. The highest BCUT2D eigenvalue weighted by molar-refractivity contribution is 7.88. The SMILES string of the molecule is CN(CC1CCCN(C(=O)c2cnc3n2CCCC3)C1)S(C)(=O)=O. The first-order valence-electron chi connectivity index (χ1n) is 8.61. The van der Waals surface area contributed by atoms with Crippen LogP contribution in [0.5, 0.6) is 0 Å². The maximum atomic E-state index is 12.9. The molecule has 8 heteroatoms. The number of likely N-dealkylation sites (tertiary alicyclic amines) is 1. The molecule has 3 rings (SSSR count). The van der Waals surface area contributed by atoms with Crippen LogP contribution in [0.1, 0.15) is 42.0 Å². The van der Waals surface area contributed by atoms with Gasteiger partial charge in [-0.05, 0) is 31.6 Å². The second-order valence-electron chi connectivity index (χ2n) is 6.97. The summed E-state index contributed by atoms with van der Waals surface area (Å²) in [6.07, 6.45) is 7.95. The number of hydrogen-bond donors (Lipinski definition) is 0. The summed E-state index contributed by atoms with van der Waals surface area (Å²) in [6, 6.07) is 0. The summed E-state index contributed by atoms with van der Waals surface area (Å²) in [5.41, 5.74) is 0.682. The molecule has 1 aromatic heterocycles. The Morgan fingerprint density at radius 3 is 2.88 bits per heavy atom. The lowest BCUT2D eigenvalue weighted by Crippen LogP contribution is -2.44. The molecular weight excluding hydrogens is 328 g/mol. The maximum Gasteiger partial charge on any atom is 0.272 e. The van der Waals surface area contributed by atoms with Crippen LogP contribution in [0.2, 0.25) is 0 Å². The fourth-order valence-electron chi connectivity index (χ4n) is 3.65. The summed E-state index contributed by atoms with van der Waals surface area (Å²) < 4.78 is 26.6. The van der Waals surface area contributed by atoms with Gasteiger partial charge in [-0.2, -0.15) is 0 Å². The van der Waals surface area contributed by atoms with E-state index in [1.807, 2.05) is 4.90 Å². The third-order valence-corrected chi connectivity index (χ3v) is 6.36. The second kappa shape index (κ2) is 6.84. The highest BCUT2D eigenvalue weighted by Gasteiger charge is 2.29. The first-order valence-corrected chi connectivity index (χ1v) is 10.5. The van der Waals surface area contributed by atoms with Gasteiger partial charge in [0, 0.05) is 39.6 Å². The molecule has 134 valence electrons. The number of piperidine rings is 1. The number of sulfonamides is 1. The number of nitrogens with zero attached hydrogens (tertiary/aromatic N) is 4. The number of imidazole rings is 1. The van der Waals surface area contributed by atoms with Gasteiger partial charge in [0.05, 0.1) is 12.5 Å². The normalized spacial score (nSPS) is 21.8. The van der Waals surface area contributed by atoms with Gasteiger partial charge in [-0.3, -0.25) is 4.79 Å². The summed E-state index contributed by atoms with van der Waals surface area (Å²) in [5, 5.41) is 0. The van der Waals surface area contributed by atoms with Crippen LogP contribution < -0.4 is 0 Å². The Labute approximate surface area is 143 Å². The molecule has 0 radical (unpaired) electrons. The second-order valence-corrected chi connectivity index (χ2v) is 9.06. The number of fused-ring (bicyclic) bond motifs is 1. The molecule has 1 saturated heterocycles. The number of aromatic nitrogens is 2. The van der Waals surface area contributed by atoms with Crippen LogP contribution in [0.4, 0.5) is 0 Å². The van der Waals surface area contributed by atoms with E-state index in [1.165, 1.54) is 10.6 Å². The number of hydrogen-bond acceptors (Lipinski definition) is 4. The molecule has 1 atom stereocenters. The predicted molar refractivity (Wildman–Crippen MR) is 91.3 cm³/mol. The highest BCUT2D eigenvalue weighted by atomic mass is 32.2. The van der Waals surface area contributed by atoms with E-state index < -0.39 is 10.0 Å². The molecule has 0 aliphatic carbocycles. The molecular formula is C16H26N4O3S. The van der Waals surface area contributed by atoms with E-state index in [-0.39, 0.29) is 11.8 Å². The van der Waals surface area contributed by atoms with Crippen LogP contribution in [0.15, 0.2) is 6.20 Å². The standard InChI is InChI=1S/C16H26N4O3S/c1-18(24(2,22)23)11-13-6-5-8-19(12-13)16(21)14-10-17-15-7-3-4-9-20(14)15/h10,13H,3-9,11-12H2,1-2H3. The molecule has 24 heavy (non-hydrogen) atoms. The van der Waals surface area contributed by atoms with E-state index in [2.05, 4.69) is 9.55 Å².